The lowest BCUT2D eigenvalue weighted by Gasteiger charge is -2.20. The molecular formula is C11H9ClN2O3S. The summed E-state index contributed by atoms with van der Waals surface area (Å²) in [6, 6.07) is 3.21. The minimum absolute atomic E-state index is 0.232. The standard InChI is InChI=1S/C11H9ClN2O3S/c12-6-1-2-7(13-5-6)14-10(15)8-9(11(14)16)18-4-3-17-8/h1-2,5,11,16H,3-4H2. The summed E-state index contributed by atoms with van der Waals surface area (Å²) in [4.78, 5) is 17.9. The average molecular weight is 285 g/mol. The van der Waals surface area contributed by atoms with E-state index in [4.69, 9.17) is 16.3 Å². The molecule has 1 aromatic rings. The molecule has 0 bridgehead atoms. The van der Waals surface area contributed by atoms with E-state index in [9.17, 15) is 9.90 Å². The Bertz CT molecular complexity index is 532. The van der Waals surface area contributed by atoms with E-state index >= 15 is 0 Å². The Labute approximate surface area is 112 Å². The van der Waals surface area contributed by atoms with E-state index in [0.29, 0.717) is 22.4 Å². The molecule has 2 aliphatic heterocycles. The molecule has 1 amide bonds. The van der Waals surface area contributed by atoms with Crippen LogP contribution in [-0.2, 0) is 9.53 Å². The van der Waals surface area contributed by atoms with E-state index < -0.39 is 6.23 Å². The topological polar surface area (TPSA) is 62.7 Å². The number of aliphatic hydroxyl groups excluding tert-OH is 1. The Morgan fingerprint density at radius 2 is 2.39 bits per heavy atom. The fourth-order valence-electron chi connectivity index (χ4n) is 1.87. The number of halogens is 1. The highest BCUT2D eigenvalue weighted by molar-refractivity contribution is 8.03. The van der Waals surface area contributed by atoms with Crippen LogP contribution in [0.15, 0.2) is 29.0 Å². The number of thioether (sulfide) groups is 1. The highest BCUT2D eigenvalue weighted by Gasteiger charge is 2.42. The number of anilines is 1. The number of hydrogen-bond donors (Lipinski definition) is 1. The van der Waals surface area contributed by atoms with Crippen LogP contribution in [0.2, 0.25) is 5.02 Å². The van der Waals surface area contributed by atoms with Gasteiger partial charge in [-0.05, 0) is 12.1 Å². The fraction of sp³-hybridized carbons (Fsp3) is 0.273. The van der Waals surface area contributed by atoms with E-state index in [1.54, 1.807) is 12.1 Å². The zero-order valence-corrected chi connectivity index (χ0v) is 10.7. The summed E-state index contributed by atoms with van der Waals surface area (Å²) in [5.41, 5.74) is 0. The Kier molecular flexibility index (Phi) is 2.93. The Morgan fingerprint density at radius 3 is 3.06 bits per heavy atom. The first kappa shape index (κ1) is 11.8. The SMILES string of the molecule is O=C1C2=C(SCCO2)C(O)N1c1ccc(Cl)cn1. The Morgan fingerprint density at radius 1 is 1.56 bits per heavy atom. The van der Waals surface area contributed by atoms with Crippen molar-refractivity contribution < 1.29 is 14.6 Å². The summed E-state index contributed by atoms with van der Waals surface area (Å²) in [7, 11) is 0. The quantitative estimate of drug-likeness (QED) is 0.844. The second-order valence-corrected chi connectivity index (χ2v) is 5.35. The van der Waals surface area contributed by atoms with Gasteiger partial charge in [0.1, 0.15) is 5.82 Å². The second kappa shape index (κ2) is 4.46. The molecule has 0 saturated carbocycles. The number of rotatable bonds is 1. The molecule has 0 fully saturated rings. The number of aromatic nitrogens is 1. The van der Waals surface area contributed by atoms with Crippen LogP contribution in [0, 0.1) is 0 Å². The van der Waals surface area contributed by atoms with Crippen molar-refractivity contribution in [1.29, 1.82) is 0 Å². The van der Waals surface area contributed by atoms with Gasteiger partial charge in [-0.25, -0.2) is 4.98 Å². The molecule has 7 heteroatoms. The molecule has 0 radical (unpaired) electrons. The number of pyridine rings is 1. The Hall–Kier alpha value is -1.24. The van der Waals surface area contributed by atoms with Gasteiger partial charge in [0, 0.05) is 11.9 Å². The zero-order chi connectivity index (χ0) is 12.7. The lowest BCUT2D eigenvalue weighted by Crippen LogP contribution is -2.35. The Balaban J connectivity index is 1.96. The molecule has 94 valence electrons. The van der Waals surface area contributed by atoms with Crippen LogP contribution in [0.3, 0.4) is 0 Å². The molecule has 0 aliphatic carbocycles. The lowest BCUT2D eigenvalue weighted by molar-refractivity contribution is -0.118. The van der Waals surface area contributed by atoms with Gasteiger partial charge in [-0.15, -0.1) is 11.8 Å². The van der Waals surface area contributed by atoms with Gasteiger partial charge in [0.05, 0.1) is 16.5 Å². The first-order chi connectivity index (χ1) is 8.68. The maximum atomic E-state index is 12.1. The van der Waals surface area contributed by atoms with Gasteiger partial charge in [0.25, 0.3) is 5.91 Å². The molecule has 1 unspecified atom stereocenters. The normalized spacial score (nSPS) is 23.1. The van der Waals surface area contributed by atoms with Crippen LogP contribution in [0.5, 0.6) is 0 Å². The minimum atomic E-state index is -1.02. The van der Waals surface area contributed by atoms with Crippen LogP contribution in [0.25, 0.3) is 0 Å². The van der Waals surface area contributed by atoms with Crippen LogP contribution in [0.4, 0.5) is 5.82 Å². The molecule has 3 rings (SSSR count). The molecule has 1 N–H and O–H groups in total. The monoisotopic (exact) mass is 284 g/mol. The van der Waals surface area contributed by atoms with Gasteiger partial charge in [0.2, 0.25) is 0 Å². The van der Waals surface area contributed by atoms with Crippen molar-refractivity contribution in [2.45, 2.75) is 6.23 Å². The average Bonchev–Trinajstić information content (AvgIpc) is 2.64. The fourth-order valence-corrected chi connectivity index (χ4v) is 2.90. The molecule has 0 saturated heterocycles. The third-order valence-corrected chi connectivity index (χ3v) is 3.96. The first-order valence-corrected chi connectivity index (χ1v) is 6.68. The van der Waals surface area contributed by atoms with Crippen molar-refractivity contribution in [3.8, 4) is 0 Å². The zero-order valence-electron chi connectivity index (χ0n) is 9.17. The maximum absolute atomic E-state index is 12.1. The number of carbonyl (C=O) groups excluding carboxylic acids is 1. The van der Waals surface area contributed by atoms with Crippen molar-refractivity contribution in [3.63, 3.8) is 0 Å². The first-order valence-electron chi connectivity index (χ1n) is 5.31. The van der Waals surface area contributed by atoms with E-state index in [0.717, 1.165) is 5.75 Å². The van der Waals surface area contributed by atoms with Gasteiger partial charge in [-0.1, -0.05) is 11.6 Å². The van der Waals surface area contributed by atoms with Crippen molar-refractivity contribution in [2.24, 2.45) is 0 Å². The second-order valence-electron chi connectivity index (χ2n) is 3.77. The highest BCUT2D eigenvalue weighted by Crippen LogP contribution is 2.38. The number of hydrogen-bond acceptors (Lipinski definition) is 5. The van der Waals surface area contributed by atoms with Gasteiger partial charge < -0.3 is 9.84 Å². The maximum Gasteiger partial charge on any atom is 0.297 e. The third kappa shape index (κ3) is 1.77. The minimum Gasteiger partial charge on any atom is -0.486 e. The molecule has 18 heavy (non-hydrogen) atoms. The summed E-state index contributed by atoms with van der Waals surface area (Å²) in [6.07, 6.45) is 0.411. The predicted octanol–water partition coefficient (Wildman–Crippen LogP) is 1.38. The van der Waals surface area contributed by atoms with Gasteiger partial charge in [-0.3, -0.25) is 9.69 Å². The van der Waals surface area contributed by atoms with Crippen LogP contribution >= 0.6 is 23.4 Å². The van der Waals surface area contributed by atoms with Crippen LogP contribution in [-0.4, -0.2) is 34.6 Å². The third-order valence-electron chi connectivity index (χ3n) is 2.66. The molecule has 0 spiro atoms. The molecule has 2 aliphatic rings. The van der Waals surface area contributed by atoms with Crippen LogP contribution < -0.4 is 4.90 Å². The van der Waals surface area contributed by atoms with E-state index in [-0.39, 0.29) is 11.7 Å². The summed E-state index contributed by atoms with van der Waals surface area (Å²) >= 11 is 7.18. The van der Waals surface area contributed by atoms with Gasteiger partial charge in [-0.2, -0.15) is 0 Å². The summed E-state index contributed by atoms with van der Waals surface area (Å²) < 4.78 is 5.31. The van der Waals surface area contributed by atoms with Crippen LogP contribution in [0.1, 0.15) is 0 Å². The highest BCUT2D eigenvalue weighted by atomic mass is 35.5. The smallest absolute Gasteiger partial charge is 0.297 e. The van der Waals surface area contributed by atoms with Crippen molar-refractivity contribution in [3.05, 3.63) is 34.0 Å². The summed E-state index contributed by atoms with van der Waals surface area (Å²) in [6.45, 7) is 0.476. The lowest BCUT2D eigenvalue weighted by atomic mass is 10.4. The number of amides is 1. The van der Waals surface area contributed by atoms with E-state index in [1.807, 2.05) is 0 Å². The molecule has 1 aromatic heterocycles. The van der Waals surface area contributed by atoms with Crippen molar-refractivity contribution in [2.75, 3.05) is 17.3 Å². The molecule has 5 nitrogen and oxygen atoms in total. The molecule has 1 atom stereocenters. The predicted molar refractivity (Wildman–Crippen MR) is 68.2 cm³/mol. The number of ether oxygens (including phenoxy) is 1. The summed E-state index contributed by atoms with van der Waals surface area (Å²) in [5, 5.41) is 10.6. The van der Waals surface area contributed by atoms with E-state index in [1.165, 1.54) is 22.9 Å². The molecule has 0 aromatic carbocycles. The summed E-state index contributed by atoms with van der Waals surface area (Å²) in [5.74, 6) is 0.955. The van der Waals surface area contributed by atoms with Gasteiger partial charge >= 0.3 is 0 Å². The molecule has 3 heterocycles. The number of nitrogens with zero attached hydrogens (tertiary/aromatic N) is 2. The largest absolute Gasteiger partial charge is 0.486 e. The molecular weight excluding hydrogens is 276 g/mol. The van der Waals surface area contributed by atoms with Crippen molar-refractivity contribution in [1.82, 2.24) is 4.98 Å². The number of carbonyl (C=O) groups is 1. The number of aliphatic hydroxyl groups is 1. The van der Waals surface area contributed by atoms with Gasteiger partial charge in [0.15, 0.2) is 12.0 Å². The van der Waals surface area contributed by atoms with Crippen molar-refractivity contribution >= 4 is 35.1 Å². The van der Waals surface area contributed by atoms with E-state index in [2.05, 4.69) is 4.98 Å².